The first-order valence-electron chi connectivity index (χ1n) is 11.2. The number of unbranched alkanes of at least 4 members (excludes halogenated alkanes) is 12. The summed E-state index contributed by atoms with van der Waals surface area (Å²) < 4.78 is 0. The van der Waals surface area contributed by atoms with Crippen LogP contribution in [0.2, 0.25) is 0 Å². The summed E-state index contributed by atoms with van der Waals surface area (Å²) in [4.78, 5) is 0. The Morgan fingerprint density at radius 2 is 1.04 bits per heavy atom. The highest BCUT2D eigenvalue weighted by Gasteiger charge is 2.10. The van der Waals surface area contributed by atoms with Gasteiger partial charge in [-0.2, -0.15) is 0 Å². The minimum atomic E-state index is 0.578. The summed E-state index contributed by atoms with van der Waals surface area (Å²) in [5.41, 5.74) is 6.91. The molecule has 0 amide bonds. The molecule has 0 aliphatic rings. The zero-order chi connectivity index (χ0) is 17.9. The summed E-state index contributed by atoms with van der Waals surface area (Å²) in [5.74, 6) is 0.763. The van der Waals surface area contributed by atoms with Crippen LogP contribution in [0.15, 0.2) is 0 Å². The third kappa shape index (κ3) is 16.8. The van der Waals surface area contributed by atoms with Crippen LogP contribution in [0.25, 0.3) is 0 Å². The van der Waals surface area contributed by atoms with Gasteiger partial charge in [-0.05, 0) is 25.7 Å². The summed E-state index contributed by atoms with van der Waals surface area (Å²) in [6.45, 7) is 10.3. The molecule has 0 bridgehead atoms. The van der Waals surface area contributed by atoms with Crippen molar-refractivity contribution in [3.05, 3.63) is 0 Å². The second kappa shape index (κ2) is 19.2. The van der Waals surface area contributed by atoms with Gasteiger partial charge in [-0.1, -0.05) is 104 Å². The maximum Gasteiger partial charge on any atom is 0.0210 e. The monoisotopic (exact) mass is 340 g/mol. The normalized spacial score (nSPS) is 14.0. The van der Waals surface area contributed by atoms with Crippen LogP contribution in [0.4, 0.5) is 0 Å². The average molecular weight is 341 g/mol. The van der Waals surface area contributed by atoms with Crippen molar-refractivity contribution in [1.82, 2.24) is 10.9 Å². The molecule has 2 nitrogen and oxygen atoms in total. The fourth-order valence-corrected chi connectivity index (χ4v) is 3.21. The van der Waals surface area contributed by atoms with Crippen LogP contribution in [0.5, 0.6) is 0 Å². The van der Waals surface area contributed by atoms with Gasteiger partial charge in [0.05, 0.1) is 0 Å². The van der Waals surface area contributed by atoms with E-state index in [9.17, 15) is 0 Å². The smallest absolute Gasteiger partial charge is 0.0210 e. The lowest BCUT2D eigenvalue weighted by Gasteiger charge is -2.21. The number of nitrogens with one attached hydrogen (secondary N) is 2. The van der Waals surface area contributed by atoms with Gasteiger partial charge in [-0.15, -0.1) is 0 Å². The molecule has 0 saturated carbocycles. The minimum absolute atomic E-state index is 0.578. The van der Waals surface area contributed by atoms with Gasteiger partial charge >= 0.3 is 0 Å². The van der Waals surface area contributed by atoms with Crippen LogP contribution < -0.4 is 10.9 Å². The van der Waals surface area contributed by atoms with E-state index in [1.54, 1.807) is 0 Å². The van der Waals surface area contributed by atoms with Crippen LogP contribution in [-0.4, -0.2) is 12.6 Å². The molecule has 0 aromatic carbocycles. The first kappa shape index (κ1) is 23.9. The zero-order valence-corrected chi connectivity index (χ0v) is 17.5. The molecule has 0 heterocycles. The topological polar surface area (TPSA) is 24.1 Å². The van der Waals surface area contributed by atoms with Crippen molar-refractivity contribution in [1.29, 1.82) is 0 Å². The van der Waals surface area contributed by atoms with Gasteiger partial charge in [0.2, 0.25) is 0 Å². The molecule has 2 unspecified atom stereocenters. The van der Waals surface area contributed by atoms with E-state index in [1.807, 2.05) is 0 Å². The van der Waals surface area contributed by atoms with Gasteiger partial charge in [-0.3, -0.25) is 10.9 Å². The predicted octanol–water partition coefficient (Wildman–Crippen LogP) is 7.00. The van der Waals surface area contributed by atoms with Crippen molar-refractivity contribution >= 4 is 0 Å². The largest absolute Gasteiger partial charge is 0.258 e. The van der Waals surface area contributed by atoms with E-state index in [0.29, 0.717) is 6.04 Å². The highest BCUT2D eigenvalue weighted by molar-refractivity contribution is 4.66. The van der Waals surface area contributed by atoms with E-state index in [1.165, 1.54) is 96.3 Å². The highest BCUT2D eigenvalue weighted by atomic mass is 15.4. The predicted molar refractivity (Wildman–Crippen MR) is 110 cm³/mol. The molecule has 0 spiro atoms. The molecular weight excluding hydrogens is 292 g/mol. The molecule has 0 saturated heterocycles. The first-order valence-corrected chi connectivity index (χ1v) is 11.2. The van der Waals surface area contributed by atoms with E-state index in [-0.39, 0.29) is 0 Å². The Hall–Kier alpha value is -0.0800. The zero-order valence-electron chi connectivity index (χ0n) is 17.5. The number of hydrazine groups is 1. The maximum absolute atomic E-state index is 3.48. The second-order valence-electron chi connectivity index (χ2n) is 7.87. The van der Waals surface area contributed by atoms with Crippen molar-refractivity contribution < 1.29 is 0 Å². The molecule has 2 N–H and O–H groups in total. The van der Waals surface area contributed by atoms with Gasteiger partial charge in [0.15, 0.2) is 0 Å². The van der Waals surface area contributed by atoms with Gasteiger partial charge in [-0.25, -0.2) is 0 Å². The van der Waals surface area contributed by atoms with Gasteiger partial charge in [0.25, 0.3) is 0 Å². The van der Waals surface area contributed by atoms with Gasteiger partial charge in [0.1, 0.15) is 0 Å². The summed E-state index contributed by atoms with van der Waals surface area (Å²) in [7, 11) is 0. The molecule has 0 aromatic rings. The minimum Gasteiger partial charge on any atom is -0.258 e. The molecule has 146 valence electrons. The lowest BCUT2D eigenvalue weighted by molar-refractivity contribution is 0.329. The Morgan fingerprint density at radius 3 is 1.54 bits per heavy atom. The van der Waals surface area contributed by atoms with E-state index in [2.05, 4.69) is 38.5 Å². The van der Waals surface area contributed by atoms with Crippen LogP contribution in [0.3, 0.4) is 0 Å². The Bertz CT molecular complexity index is 230. The van der Waals surface area contributed by atoms with E-state index in [0.717, 1.165) is 12.5 Å². The molecule has 2 heteroatoms. The summed E-state index contributed by atoms with van der Waals surface area (Å²) in [6.07, 6.45) is 21.1. The molecule has 0 radical (unpaired) electrons. The Kier molecular flexibility index (Phi) is 19.2. The van der Waals surface area contributed by atoms with Crippen molar-refractivity contribution in [3.8, 4) is 0 Å². The Balaban J connectivity index is 3.17. The Labute approximate surface area is 153 Å². The molecular formula is C22H48N2. The SMILES string of the molecule is CCCCCCCCCCCCCCNNC(C)C(C)CCCC. The molecule has 0 fully saturated rings. The number of hydrogen-bond donors (Lipinski definition) is 2. The van der Waals surface area contributed by atoms with Crippen LogP contribution in [-0.2, 0) is 0 Å². The molecule has 0 aromatic heterocycles. The third-order valence-electron chi connectivity index (χ3n) is 5.35. The lowest BCUT2D eigenvalue weighted by Crippen LogP contribution is -2.42. The van der Waals surface area contributed by atoms with Crippen molar-refractivity contribution in [2.75, 3.05) is 6.54 Å². The molecule has 0 aliphatic heterocycles. The summed E-state index contributed by atoms with van der Waals surface area (Å²) >= 11 is 0. The Morgan fingerprint density at radius 1 is 0.583 bits per heavy atom. The highest BCUT2D eigenvalue weighted by Crippen LogP contribution is 2.12. The van der Waals surface area contributed by atoms with Crippen molar-refractivity contribution in [3.63, 3.8) is 0 Å². The summed E-state index contributed by atoms with van der Waals surface area (Å²) in [5, 5.41) is 0. The van der Waals surface area contributed by atoms with E-state index in [4.69, 9.17) is 0 Å². The second-order valence-corrected chi connectivity index (χ2v) is 7.87. The van der Waals surface area contributed by atoms with Gasteiger partial charge < -0.3 is 0 Å². The standard InChI is InChI=1S/C22H48N2/c1-5-7-9-10-11-12-13-14-15-16-17-18-20-23-24-22(4)21(3)19-8-6-2/h21-24H,5-20H2,1-4H3. The fourth-order valence-electron chi connectivity index (χ4n) is 3.21. The van der Waals surface area contributed by atoms with Crippen LogP contribution in [0, 0.1) is 5.92 Å². The van der Waals surface area contributed by atoms with Crippen molar-refractivity contribution in [2.24, 2.45) is 5.92 Å². The molecule has 2 atom stereocenters. The van der Waals surface area contributed by atoms with E-state index >= 15 is 0 Å². The number of rotatable bonds is 19. The first-order chi connectivity index (χ1) is 11.7. The lowest BCUT2D eigenvalue weighted by atomic mass is 9.98. The van der Waals surface area contributed by atoms with Crippen LogP contribution >= 0.6 is 0 Å². The average Bonchev–Trinajstić information content (AvgIpc) is 2.59. The van der Waals surface area contributed by atoms with E-state index < -0.39 is 0 Å². The number of hydrogen-bond acceptors (Lipinski definition) is 2. The van der Waals surface area contributed by atoms with Crippen LogP contribution in [0.1, 0.15) is 124 Å². The quantitative estimate of drug-likeness (QED) is 0.195. The van der Waals surface area contributed by atoms with Gasteiger partial charge in [0, 0.05) is 12.6 Å². The summed E-state index contributed by atoms with van der Waals surface area (Å²) in [6, 6.07) is 0.578. The molecule has 0 rings (SSSR count). The maximum atomic E-state index is 3.48. The third-order valence-corrected chi connectivity index (χ3v) is 5.35. The fraction of sp³-hybridized carbons (Fsp3) is 1.00. The molecule has 24 heavy (non-hydrogen) atoms. The van der Waals surface area contributed by atoms with Crippen molar-refractivity contribution in [2.45, 2.75) is 130 Å². The molecule has 0 aliphatic carbocycles.